The van der Waals surface area contributed by atoms with Gasteiger partial charge in [0.1, 0.15) is 17.3 Å². The monoisotopic (exact) mass is 408 g/mol. The van der Waals surface area contributed by atoms with Gasteiger partial charge in [0.25, 0.3) is 0 Å². The Hall–Kier alpha value is -3.67. The quantitative estimate of drug-likeness (QED) is 0.410. The maximum atomic E-state index is 14.5. The van der Waals surface area contributed by atoms with Gasteiger partial charge in [0, 0.05) is 0 Å². The second-order valence-corrected chi connectivity index (χ2v) is 6.79. The number of ether oxygens (including phenoxy) is 3. The number of hydrogen-bond acceptors (Lipinski definition) is 5. The van der Waals surface area contributed by atoms with Gasteiger partial charge in [-0.25, -0.2) is 14.0 Å². The number of halogens is 1. The highest BCUT2D eigenvalue weighted by molar-refractivity contribution is 5.92. The van der Waals surface area contributed by atoms with Gasteiger partial charge in [0.05, 0.1) is 24.3 Å². The molecule has 154 valence electrons. The van der Waals surface area contributed by atoms with Gasteiger partial charge in [0.15, 0.2) is 0 Å². The fourth-order valence-electron chi connectivity index (χ4n) is 2.75. The van der Waals surface area contributed by atoms with Crippen LogP contribution in [-0.2, 0) is 4.74 Å². The fraction of sp³-hybridized carbons (Fsp3) is 0.167. The molecule has 0 amide bonds. The molecule has 0 spiro atoms. The molecule has 0 aliphatic heterocycles. The molecule has 0 N–H and O–H groups in total. The van der Waals surface area contributed by atoms with Crippen LogP contribution < -0.4 is 9.47 Å². The Morgan fingerprint density at radius 1 is 0.800 bits per heavy atom. The summed E-state index contributed by atoms with van der Waals surface area (Å²) in [5.41, 5.74) is 1.56. The summed E-state index contributed by atoms with van der Waals surface area (Å²) in [7, 11) is 1.57. The van der Waals surface area contributed by atoms with Crippen LogP contribution in [0.1, 0.15) is 34.6 Å². The van der Waals surface area contributed by atoms with Crippen LogP contribution in [0.2, 0.25) is 0 Å². The maximum absolute atomic E-state index is 14.5. The van der Waals surface area contributed by atoms with Gasteiger partial charge in [0.2, 0.25) is 0 Å². The van der Waals surface area contributed by atoms with Crippen LogP contribution in [0.25, 0.3) is 11.1 Å². The summed E-state index contributed by atoms with van der Waals surface area (Å²) in [6.07, 6.45) is -0.237. The minimum atomic E-state index is -0.828. The lowest BCUT2D eigenvalue weighted by Crippen LogP contribution is -2.12. The lowest BCUT2D eigenvalue weighted by Gasteiger charge is -2.09. The molecule has 0 saturated carbocycles. The van der Waals surface area contributed by atoms with E-state index in [4.69, 9.17) is 14.2 Å². The molecule has 0 radical (unpaired) electrons. The minimum absolute atomic E-state index is 0.185. The molecule has 0 saturated heterocycles. The summed E-state index contributed by atoms with van der Waals surface area (Å²) in [4.78, 5) is 24.2. The molecule has 0 aliphatic rings. The summed E-state index contributed by atoms with van der Waals surface area (Å²) >= 11 is 0. The van der Waals surface area contributed by atoms with Gasteiger partial charge in [-0.2, -0.15) is 0 Å². The first kappa shape index (κ1) is 21.0. The standard InChI is InChI=1S/C24H21FO5/c1-15(2)29-23(26)17-6-11-20(12-7-17)30-24(27)21-13-8-18(14-22(21)25)16-4-9-19(28-3)10-5-16/h4-15H,1-3H3. The Labute approximate surface area is 174 Å². The van der Waals surface area contributed by atoms with Crippen molar-refractivity contribution in [2.24, 2.45) is 0 Å². The normalized spacial score (nSPS) is 10.6. The molecule has 3 aromatic carbocycles. The van der Waals surface area contributed by atoms with Crippen LogP contribution in [0.3, 0.4) is 0 Å². The van der Waals surface area contributed by atoms with E-state index in [9.17, 15) is 14.0 Å². The molecular weight excluding hydrogens is 387 g/mol. The molecule has 0 atom stereocenters. The number of benzene rings is 3. The molecule has 3 aromatic rings. The first-order valence-electron chi connectivity index (χ1n) is 9.34. The molecule has 0 fully saturated rings. The Morgan fingerprint density at radius 2 is 1.40 bits per heavy atom. The van der Waals surface area contributed by atoms with E-state index >= 15 is 0 Å². The van der Waals surface area contributed by atoms with E-state index in [1.165, 1.54) is 36.4 Å². The van der Waals surface area contributed by atoms with E-state index in [1.54, 1.807) is 51.3 Å². The SMILES string of the molecule is COc1ccc(-c2ccc(C(=O)Oc3ccc(C(=O)OC(C)C)cc3)c(F)c2)cc1. The maximum Gasteiger partial charge on any atom is 0.346 e. The van der Waals surface area contributed by atoms with Crippen LogP contribution in [-0.4, -0.2) is 25.2 Å². The number of methoxy groups -OCH3 is 1. The zero-order valence-electron chi connectivity index (χ0n) is 16.8. The number of carbonyl (C=O) groups excluding carboxylic acids is 2. The zero-order valence-corrected chi connectivity index (χ0v) is 16.8. The highest BCUT2D eigenvalue weighted by Crippen LogP contribution is 2.25. The molecule has 0 aliphatic carbocycles. The average Bonchev–Trinajstić information content (AvgIpc) is 2.73. The zero-order chi connectivity index (χ0) is 21.7. The van der Waals surface area contributed by atoms with E-state index in [1.807, 2.05) is 0 Å². The fourth-order valence-corrected chi connectivity index (χ4v) is 2.75. The smallest absolute Gasteiger partial charge is 0.346 e. The molecule has 0 bridgehead atoms. The van der Waals surface area contributed by atoms with Crippen LogP contribution in [0, 0.1) is 5.82 Å². The molecular formula is C24H21FO5. The Morgan fingerprint density at radius 3 is 1.97 bits per heavy atom. The summed E-state index contributed by atoms with van der Waals surface area (Å²) in [6.45, 7) is 3.50. The molecule has 3 rings (SSSR count). The van der Waals surface area contributed by atoms with Crippen molar-refractivity contribution in [1.82, 2.24) is 0 Å². The van der Waals surface area contributed by atoms with Crippen LogP contribution >= 0.6 is 0 Å². The third kappa shape index (κ3) is 5.03. The van der Waals surface area contributed by atoms with E-state index < -0.39 is 17.8 Å². The Kier molecular flexibility index (Phi) is 6.47. The predicted molar refractivity (Wildman–Crippen MR) is 110 cm³/mol. The van der Waals surface area contributed by atoms with Crippen LogP contribution in [0.5, 0.6) is 11.5 Å². The lowest BCUT2D eigenvalue weighted by molar-refractivity contribution is 0.0378. The lowest BCUT2D eigenvalue weighted by atomic mass is 10.0. The highest BCUT2D eigenvalue weighted by atomic mass is 19.1. The highest BCUT2D eigenvalue weighted by Gasteiger charge is 2.16. The average molecular weight is 408 g/mol. The third-order valence-electron chi connectivity index (χ3n) is 4.26. The van der Waals surface area contributed by atoms with Crippen molar-refractivity contribution in [2.45, 2.75) is 20.0 Å². The summed E-state index contributed by atoms with van der Waals surface area (Å²) in [6, 6.07) is 17.3. The summed E-state index contributed by atoms with van der Waals surface area (Å²) in [5, 5.41) is 0. The largest absolute Gasteiger partial charge is 0.497 e. The number of rotatable bonds is 6. The molecule has 0 aromatic heterocycles. The second kappa shape index (κ2) is 9.22. The van der Waals surface area contributed by atoms with Gasteiger partial charge in [-0.15, -0.1) is 0 Å². The van der Waals surface area contributed by atoms with Crippen molar-refractivity contribution < 1.29 is 28.2 Å². The predicted octanol–water partition coefficient (Wildman–Crippen LogP) is 5.29. The molecule has 5 nitrogen and oxygen atoms in total. The Bertz CT molecular complexity index is 1040. The van der Waals surface area contributed by atoms with Crippen molar-refractivity contribution in [3.63, 3.8) is 0 Å². The van der Waals surface area contributed by atoms with E-state index in [0.29, 0.717) is 16.9 Å². The Balaban J connectivity index is 1.71. The molecule has 6 heteroatoms. The second-order valence-electron chi connectivity index (χ2n) is 6.79. The number of esters is 2. The van der Waals surface area contributed by atoms with Crippen molar-refractivity contribution in [3.05, 3.63) is 83.7 Å². The van der Waals surface area contributed by atoms with E-state index in [-0.39, 0.29) is 17.4 Å². The molecule has 0 heterocycles. The van der Waals surface area contributed by atoms with Crippen molar-refractivity contribution in [3.8, 4) is 22.6 Å². The van der Waals surface area contributed by atoms with E-state index in [0.717, 1.165) is 5.56 Å². The first-order chi connectivity index (χ1) is 14.4. The third-order valence-corrected chi connectivity index (χ3v) is 4.26. The van der Waals surface area contributed by atoms with Crippen LogP contribution in [0.4, 0.5) is 4.39 Å². The van der Waals surface area contributed by atoms with Crippen molar-refractivity contribution in [1.29, 1.82) is 0 Å². The molecule has 30 heavy (non-hydrogen) atoms. The first-order valence-corrected chi connectivity index (χ1v) is 9.34. The summed E-state index contributed by atoms with van der Waals surface area (Å²) < 4.78 is 30.0. The van der Waals surface area contributed by atoms with Gasteiger partial charge in [-0.05, 0) is 73.5 Å². The van der Waals surface area contributed by atoms with Gasteiger partial charge in [-0.3, -0.25) is 0 Å². The van der Waals surface area contributed by atoms with Gasteiger partial charge in [-0.1, -0.05) is 18.2 Å². The van der Waals surface area contributed by atoms with Crippen LogP contribution in [0.15, 0.2) is 66.7 Å². The van der Waals surface area contributed by atoms with Crippen molar-refractivity contribution in [2.75, 3.05) is 7.11 Å². The topological polar surface area (TPSA) is 61.8 Å². The van der Waals surface area contributed by atoms with Crippen molar-refractivity contribution >= 4 is 11.9 Å². The van der Waals surface area contributed by atoms with Gasteiger partial charge >= 0.3 is 11.9 Å². The van der Waals surface area contributed by atoms with E-state index in [2.05, 4.69) is 0 Å². The number of carbonyl (C=O) groups is 2. The number of hydrogen-bond donors (Lipinski definition) is 0. The summed E-state index contributed by atoms with van der Waals surface area (Å²) in [5.74, 6) is -1.09. The van der Waals surface area contributed by atoms with Gasteiger partial charge < -0.3 is 14.2 Å². The minimum Gasteiger partial charge on any atom is -0.497 e. The molecule has 0 unspecified atom stereocenters.